The molecule has 2 aromatic carbocycles. The standard InChI is InChI=1S/C16H14O5/c17-12-4-1-10(2-5-12)9-20-13-6-3-11-7-15(16(18)19)21-14(11)8-13/h1-6,8,15,17H,7,9H2,(H,18,19). The van der Waals surface area contributed by atoms with Gasteiger partial charge < -0.3 is 19.7 Å². The second-order valence-electron chi connectivity index (χ2n) is 4.87. The Balaban J connectivity index is 1.67. The van der Waals surface area contributed by atoms with E-state index < -0.39 is 12.1 Å². The van der Waals surface area contributed by atoms with Gasteiger partial charge in [0.2, 0.25) is 0 Å². The number of phenolic OH excluding ortho intramolecular Hbond substituents is 1. The number of rotatable bonds is 4. The monoisotopic (exact) mass is 286 g/mol. The van der Waals surface area contributed by atoms with E-state index in [4.69, 9.17) is 14.6 Å². The van der Waals surface area contributed by atoms with E-state index in [1.165, 1.54) is 0 Å². The van der Waals surface area contributed by atoms with E-state index in [9.17, 15) is 9.90 Å². The van der Waals surface area contributed by atoms with Crippen LogP contribution in [-0.4, -0.2) is 22.3 Å². The highest BCUT2D eigenvalue weighted by Crippen LogP contribution is 2.32. The predicted octanol–water partition coefficient (Wildman–Crippen LogP) is 2.36. The van der Waals surface area contributed by atoms with Crippen LogP contribution >= 0.6 is 0 Å². The summed E-state index contributed by atoms with van der Waals surface area (Å²) >= 11 is 0. The molecule has 0 saturated heterocycles. The number of hydrogen-bond acceptors (Lipinski definition) is 4. The van der Waals surface area contributed by atoms with E-state index in [2.05, 4.69) is 0 Å². The Labute approximate surface area is 121 Å². The first-order valence-corrected chi connectivity index (χ1v) is 6.55. The zero-order chi connectivity index (χ0) is 14.8. The second kappa shape index (κ2) is 5.36. The summed E-state index contributed by atoms with van der Waals surface area (Å²) in [5.74, 6) is 0.431. The number of phenols is 1. The summed E-state index contributed by atoms with van der Waals surface area (Å²) in [4.78, 5) is 10.9. The highest BCUT2D eigenvalue weighted by atomic mass is 16.5. The molecule has 0 fully saturated rings. The Kier molecular flexibility index (Phi) is 3.39. The van der Waals surface area contributed by atoms with E-state index in [0.717, 1.165) is 11.1 Å². The SMILES string of the molecule is O=C(O)C1Cc2ccc(OCc3ccc(O)cc3)cc2O1. The third kappa shape index (κ3) is 2.91. The molecule has 1 atom stereocenters. The molecule has 21 heavy (non-hydrogen) atoms. The van der Waals surface area contributed by atoms with Gasteiger partial charge in [-0.1, -0.05) is 18.2 Å². The van der Waals surface area contributed by atoms with Gasteiger partial charge in [0.1, 0.15) is 23.9 Å². The quantitative estimate of drug-likeness (QED) is 0.902. The lowest BCUT2D eigenvalue weighted by atomic mass is 10.1. The number of fused-ring (bicyclic) bond motifs is 1. The largest absolute Gasteiger partial charge is 0.508 e. The van der Waals surface area contributed by atoms with Gasteiger partial charge in [0.25, 0.3) is 0 Å². The Bertz CT molecular complexity index is 663. The molecular weight excluding hydrogens is 272 g/mol. The van der Waals surface area contributed by atoms with Crippen molar-refractivity contribution in [3.63, 3.8) is 0 Å². The molecule has 5 nitrogen and oxygen atoms in total. The molecule has 0 bridgehead atoms. The first-order valence-electron chi connectivity index (χ1n) is 6.55. The van der Waals surface area contributed by atoms with Gasteiger partial charge in [-0.15, -0.1) is 0 Å². The summed E-state index contributed by atoms with van der Waals surface area (Å²) in [5.41, 5.74) is 1.80. The van der Waals surface area contributed by atoms with Crippen molar-refractivity contribution < 1.29 is 24.5 Å². The zero-order valence-corrected chi connectivity index (χ0v) is 11.2. The van der Waals surface area contributed by atoms with Crippen molar-refractivity contribution in [1.29, 1.82) is 0 Å². The average Bonchev–Trinajstić information content (AvgIpc) is 2.90. The number of aliphatic carboxylic acids is 1. The molecule has 1 unspecified atom stereocenters. The smallest absolute Gasteiger partial charge is 0.345 e. The van der Waals surface area contributed by atoms with Crippen LogP contribution in [0.25, 0.3) is 0 Å². The first-order chi connectivity index (χ1) is 10.1. The van der Waals surface area contributed by atoms with Gasteiger partial charge in [-0.25, -0.2) is 4.79 Å². The van der Waals surface area contributed by atoms with Gasteiger partial charge in [-0.3, -0.25) is 0 Å². The highest BCUT2D eigenvalue weighted by molar-refractivity contribution is 5.74. The summed E-state index contributed by atoms with van der Waals surface area (Å²) in [6.07, 6.45) is -0.435. The third-order valence-corrected chi connectivity index (χ3v) is 3.33. The van der Waals surface area contributed by atoms with E-state index in [1.807, 2.05) is 6.07 Å². The minimum atomic E-state index is -0.960. The van der Waals surface area contributed by atoms with E-state index in [-0.39, 0.29) is 5.75 Å². The molecule has 0 amide bonds. The summed E-state index contributed by atoms with van der Waals surface area (Å²) in [7, 11) is 0. The van der Waals surface area contributed by atoms with Gasteiger partial charge in [0, 0.05) is 12.5 Å². The maximum Gasteiger partial charge on any atom is 0.345 e. The van der Waals surface area contributed by atoms with Crippen LogP contribution in [0.2, 0.25) is 0 Å². The van der Waals surface area contributed by atoms with Crippen molar-refractivity contribution >= 4 is 5.97 Å². The Hall–Kier alpha value is -2.69. The number of aromatic hydroxyl groups is 1. The Morgan fingerprint density at radius 3 is 2.71 bits per heavy atom. The van der Waals surface area contributed by atoms with Crippen LogP contribution < -0.4 is 9.47 Å². The molecule has 1 aliphatic heterocycles. The second-order valence-corrected chi connectivity index (χ2v) is 4.87. The van der Waals surface area contributed by atoms with Crippen molar-refractivity contribution in [3.8, 4) is 17.2 Å². The van der Waals surface area contributed by atoms with Crippen molar-refractivity contribution in [2.75, 3.05) is 0 Å². The van der Waals surface area contributed by atoms with Gasteiger partial charge >= 0.3 is 5.97 Å². The number of carbonyl (C=O) groups is 1. The molecule has 2 N–H and O–H groups in total. The molecule has 5 heteroatoms. The highest BCUT2D eigenvalue weighted by Gasteiger charge is 2.28. The summed E-state index contributed by atoms with van der Waals surface area (Å²) < 4.78 is 11.0. The van der Waals surface area contributed by atoms with E-state index >= 15 is 0 Å². The molecule has 1 heterocycles. The van der Waals surface area contributed by atoms with Crippen LogP contribution in [-0.2, 0) is 17.8 Å². The molecule has 3 rings (SSSR count). The fourth-order valence-electron chi connectivity index (χ4n) is 2.19. The summed E-state index contributed by atoms with van der Waals surface area (Å²) in [5, 5.41) is 18.2. The van der Waals surface area contributed by atoms with Crippen LogP contribution in [0.4, 0.5) is 0 Å². The van der Waals surface area contributed by atoms with Crippen molar-refractivity contribution in [3.05, 3.63) is 53.6 Å². The number of hydrogen-bond donors (Lipinski definition) is 2. The number of benzene rings is 2. The average molecular weight is 286 g/mol. The van der Waals surface area contributed by atoms with Gasteiger partial charge in [0.15, 0.2) is 6.10 Å². The lowest BCUT2D eigenvalue weighted by Crippen LogP contribution is -2.24. The predicted molar refractivity (Wildman–Crippen MR) is 74.6 cm³/mol. The first kappa shape index (κ1) is 13.3. The molecule has 0 spiro atoms. The minimum absolute atomic E-state index is 0.212. The summed E-state index contributed by atoms with van der Waals surface area (Å²) in [6, 6.07) is 12.1. The molecule has 0 radical (unpaired) electrons. The molecule has 1 aliphatic rings. The number of ether oxygens (including phenoxy) is 2. The van der Waals surface area contributed by atoms with Crippen molar-refractivity contribution in [2.24, 2.45) is 0 Å². The van der Waals surface area contributed by atoms with Gasteiger partial charge in [0.05, 0.1) is 0 Å². The molecule has 0 saturated carbocycles. The van der Waals surface area contributed by atoms with Gasteiger partial charge in [-0.2, -0.15) is 0 Å². The lowest BCUT2D eigenvalue weighted by molar-refractivity contribution is -0.144. The van der Waals surface area contributed by atoms with Crippen LogP contribution in [0, 0.1) is 0 Å². The molecular formula is C16H14O5. The van der Waals surface area contributed by atoms with Crippen LogP contribution in [0.1, 0.15) is 11.1 Å². The lowest BCUT2D eigenvalue weighted by Gasteiger charge is -2.08. The normalized spacial score (nSPS) is 16.1. The molecule has 2 aromatic rings. The molecule has 0 aromatic heterocycles. The minimum Gasteiger partial charge on any atom is -0.508 e. The summed E-state index contributed by atoms with van der Waals surface area (Å²) in [6.45, 7) is 0.363. The molecule has 108 valence electrons. The van der Waals surface area contributed by atoms with E-state index in [1.54, 1.807) is 36.4 Å². The third-order valence-electron chi connectivity index (χ3n) is 3.33. The fourth-order valence-corrected chi connectivity index (χ4v) is 2.19. The molecule has 0 aliphatic carbocycles. The van der Waals surface area contributed by atoms with Gasteiger partial charge in [-0.05, 0) is 29.3 Å². The maximum atomic E-state index is 10.9. The number of carboxylic acid groups (broad SMARTS) is 1. The van der Waals surface area contributed by atoms with Crippen LogP contribution in [0.15, 0.2) is 42.5 Å². The van der Waals surface area contributed by atoms with Crippen molar-refractivity contribution in [2.45, 2.75) is 19.1 Å². The maximum absolute atomic E-state index is 10.9. The van der Waals surface area contributed by atoms with E-state index in [0.29, 0.717) is 24.5 Å². The van der Waals surface area contributed by atoms with Crippen molar-refractivity contribution in [1.82, 2.24) is 0 Å². The fraction of sp³-hybridized carbons (Fsp3) is 0.188. The zero-order valence-electron chi connectivity index (χ0n) is 11.2. The number of carboxylic acids is 1. The Morgan fingerprint density at radius 1 is 1.24 bits per heavy atom. The van der Waals surface area contributed by atoms with Crippen LogP contribution in [0.3, 0.4) is 0 Å². The van der Waals surface area contributed by atoms with Crippen LogP contribution in [0.5, 0.6) is 17.2 Å². The topological polar surface area (TPSA) is 76.0 Å². The Morgan fingerprint density at radius 2 is 2.00 bits per heavy atom.